The van der Waals surface area contributed by atoms with E-state index in [0.29, 0.717) is 24.7 Å². The van der Waals surface area contributed by atoms with Crippen LogP contribution in [0.25, 0.3) is 0 Å². The number of carbonyl (C=O) groups excluding carboxylic acids is 1. The maximum atomic E-state index is 12.3. The zero-order chi connectivity index (χ0) is 17.4. The smallest absolute Gasteiger partial charge is 0.245 e. The molecular weight excluding hydrogens is 340 g/mol. The van der Waals surface area contributed by atoms with Gasteiger partial charge in [-0.05, 0) is 24.6 Å². The molecule has 2 aromatic rings. The van der Waals surface area contributed by atoms with Gasteiger partial charge in [-0.15, -0.1) is 12.4 Å². The highest BCUT2D eigenvalue weighted by Crippen LogP contribution is 2.19. The summed E-state index contributed by atoms with van der Waals surface area (Å²) in [4.78, 5) is 12.3. The summed E-state index contributed by atoms with van der Waals surface area (Å²) in [6.45, 7) is 3.21. The molecule has 2 rings (SSSR count). The second-order valence-corrected chi connectivity index (χ2v) is 5.60. The maximum absolute atomic E-state index is 12.3. The standard InChI is InChI=1S/C19H24N2O3.ClH/c1-14-7-9-15(10-8-14)18(20)19(22)21-16-5-3-6-17(13-16)24-12-4-11-23-2;/h3,5-10,13,18H,4,11-12,20H2,1-2H3,(H,21,22);1H. The van der Waals surface area contributed by atoms with Crippen molar-refractivity contribution < 1.29 is 14.3 Å². The van der Waals surface area contributed by atoms with Crippen LogP contribution in [0.1, 0.15) is 23.6 Å². The normalized spacial score (nSPS) is 11.3. The zero-order valence-electron chi connectivity index (χ0n) is 14.5. The predicted molar refractivity (Wildman–Crippen MR) is 102 cm³/mol. The number of amides is 1. The molecule has 0 spiro atoms. The Balaban J connectivity index is 0.00000312. The van der Waals surface area contributed by atoms with Gasteiger partial charge in [-0.3, -0.25) is 4.79 Å². The van der Waals surface area contributed by atoms with E-state index in [1.165, 1.54) is 0 Å². The fourth-order valence-electron chi connectivity index (χ4n) is 2.20. The molecular formula is C19H25ClN2O3. The molecule has 1 unspecified atom stereocenters. The van der Waals surface area contributed by atoms with Crippen LogP contribution < -0.4 is 15.8 Å². The number of carbonyl (C=O) groups is 1. The fraction of sp³-hybridized carbons (Fsp3) is 0.316. The van der Waals surface area contributed by atoms with Gasteiger partial charge in [0.05, 0.1) is 6.61 Å². The Hall–Kier alpha value is -2.08. The maximum Gasteiger partial charge on any atom is 0.245 e. The summed E-state index contributed by atoms with van der Waals surface area (Å²) in [5.74, 6) is 0.447. The van der Waals surface area contributed by atoms with E-state index in [-0.39, 0.29) is 18.3 Å². The molecule has 0 aliphatic rings. The zero-order valence-corrected chi connectivity index (χ0v) is 15.3. The first-order valence-corrected chi connectivity index (χ1v) is 7.95. The molecule has 0 saturated carbocycles. The fourth-order valence-corrected chi connectivity index (χ4v) is 2.20. The molecule has 3 N–H and O–H groups in total. The Morgan fingerprint density at radius 1 is 1.16 bits per heavy atom. The van der Waals surface area contributed by atoms with Crippen molar-refractivity contribution in [2.24, 2.45) is 5.73 Å². The van der Waals surface area contributed by atoms with Crippen LogP contribution in [0.5, 0.6) is 5.75 Å². The first-order chi connectivity index (χ1) is 11.6. The van der Waals surface area contributed by atoms with Crippen molar-refractivity contribution in [3.8, 4) is 5.75 Å². The van der Waals surface area contributed by atoms with Crippen LogP contribution in [-0.4, -0.2) is 26.2 Å². The third-order valence-electron chi connectivity index (χ3n) is 3.58. The number of benzene rings is 2. The Labute approximate surface area is 154 Å². The molecule has 1 atom stereocenters. The van der Waals surface area contributed by atoms with Crippen molar-refractivity contribution in [3.05, 3.63) is 59.7 Å². The highest BCUT2D eigenvalue weighted by molar-refractivity contribution is 5.95. The van der Waals surface area contributed by atoms with Crippen LogP contribution in [-0.2, 0) is 9.53 Å². The number of hydrogen-bond donors (Lipinski definition) is 2. The molecule has 0 heterocycles. The summed E-state index contributed by atoms with van der Waals surface area (Å²) in [5.41, 5.74) is 8.60. The average Bonchev–Trinajstić information content (AvgIpc) is 2.59. The molecule has 0 bridgehead atoms. The number of ether oxygens (including phenoxy) is 2. The van der Waals surface area contributed by atoms with E-state index < -0.39 is 6.04 Å². The van der Waals surface area contributed by atoms with E-state index >= 15 is 0 Å². The molecule has 1 amide bonds. The Bertz CT molecular complexity index is 662. The number of halogens is 1. The molecule has 6 heteroatoms. The van der Waals surface area contributed by atoms with Gasteiger partial charge in [-0.2, -0.15) is 0 Å². The Morgan fingerprint density at radius 3 is 2.56 bits per heavy atom. The van der Waals surface area contributed by atoms with Gasteiger partial charge in [0.1, 0.15) is 11.8 Å². The summed E-state index contributed by atoms with van der Waals surface area (Å²) >= 11 is 0. The van der Waals surface area contributed by atoms with Gasteiger partial charge < -0.3 is 20.5 Å². The number of anilines is 1. The highest BCUT2D eigenvalue weighted by Gasteiger charge is 2.15. The largest absolute Gasteiger partial charge is 0.493 e. The third-order valence-corrected chi connectivity index (χ3v) is 3.58. The Morgan fingerprint density at radius 2 is 1.88 bits per heavy atom. The Kier molecular flexibility index (Phi) is 8.99. The first kappa shape index (κ1) is 21.0. The SMILES string of the molecule is COCCCOc1cccc(NC(=O)C(N)c2ccc(C)cc2)c1.Cl. The summed E-state index contributed by atoms with van der Waals surface area (Å²) < 4.78 is 10.6. The van der Waals surface area contributed by atoms with Gasteiger partial charge in [-0.25, -0.2) is 0 Å². The van der Waals surface area contributed by atoms with Gasteiger partial charge in [-0.1, -0.05) is 35.9 Å². The lowest BCUT2D eigenvalue weighted by atomic mass is 10.1. The van der Waals surface area contributed by atoms with Crippen molar-refractivity contribution in [2.75, 3.05) is 25.6 Å². The number of hydrogen-bond acceptors (Lipinski definition) is 4. The molecule has 0 saturated heterocycles. The van der Waals surface area contributed by atoms with E-state index in [0.717, 1.165) is 17.5 Å². The molecule has 5 nitrogen and oxygen atoms in total. The van der Waals surface area contributed by atoms with Crippen LogP contribution in [0.3, 0.4) is 0 Å². The lowest BCUT2D eigenvalue weighted by molar-refractivity contribution is -0.117. The lowest BCUT2D eigenvalue weighted by Crippen LogP contribution is -2.27. The number of nitrogens with one attached hydrogen (secondary N) is 1. The van der Waals surface area contributed by atoms with E-state index in [9.17, 15) is 4.79 Å². The van der Waals surface area contributed by atoms with Crippen molar-refractivity contribution in [1.82, 2.24) is 0 Å². The van der Waals surface area contributed by atoms with E-state index in [1.807, 2.05) is 49.4 Å². The first-order valence-electron chi connectivity index (χ1n) is 7.95. The molecule has 0 aromatic heterocycles. The number of methoxy groups -OCH3 is 1. The van der Waals surface area contributed by atoms with Crippen molar-refractivity contribution in [3.63, 3.8) is 0 Å². The van der Waals surface area contributed by atoms with Crippen LogP contribution in [0.15, 0.2) is 48.5 Å². The molecule has 136 valence electrons. The third kappa shape index (κ3) is 6.74. The molecule has 25 heavy (non-hydrogen) atoms. The van der Waals surface area contributed by atoms with Gasteiger partial charge >= 0.3 is 0 Å². The van der Waals surface area contributed by atoms with Crippen LogP contribution in [0.4, 0.5) is 5.69 Å². The summed E-state index contributed by atoms with van der Waals surface area (Å²) in [6.07, 6.45) is 0.811. The molecule has 0 aliphatic carbocycles. The number of rotatable bonds is 8. The quantitative estimate of drug-likeness (QED) is 0.703. The van der Waals surface area contributed by atoms with Crippen LogP contribution in [0.2, 0.25) is 0 Å². The number of nitrogens with two attached hydrogens (primary N) is 1. The van der Waals surface area contributed by atoms with Gasteiger partial charge in [0.15, 0.2) is 0 Å². The summed E-state index contributed by atoms with van der Waals surface area (Å²) in [7, 11) is 1.66. The minimum absolute atomic E-state index is 0. The average molecular weight is 365 g/mol. The molecule has 0 fully saturated rings. The van der Waals surface area contributed by atoms with Crippen molar-refractivity contribution in [1.29, 1.82) is 0 Å². The molecule has 0 radical (unpaired) electrons. The second-order valence-electron chi connectivity index (χ2n) is 5.60. The van der Waals surface area contributed by atoms with Crippen LogP contribution in [0, 0.1) is 6.92 Å². The molecule has 0 aliphatic heterocycles. The van der Waals surface area contributed by atoms with Gasteiger partial charge in [0, 0.05) is 31.9 Å². The second kappa shape index (κ2) is 10.7. The van der Waals surface area contributed by atoms with Gasteiger partial charge in [0.25, 0.3) is 0 Å². The van der Waals surface area contributed by atoms with E-state index in [4.69, 9.17) is 15.2 Å². The van der Waals surface area contributed by atoms with Gasteiger partial charge in [0.2, 0.25) is 5.91 Å². The van der Waals surface area contributed by atoms with E-state index in [1.54, 1.807) is 13.2 Å². The predicted octanol–water partition coefficient (Wildman–Crippen LogP) is 3.47. The minimum atomic E-state index is -0.711. The summed E-state index contributed by atoms with van der Waals surface area (Å²) in [6, 6.07) is 14.2. The number of aryl methyl sites for hydroxylation is 1. The molecule has 2 aromatic carbocycles. The minimum Gasteiger partial charge on any atom is -0.493 e. The van der Waals surface area contributed by atoms with Crippen molar-refractivity contribution >= 4 is 24.0 Å². The van der Waals surface area contributed by atoms with Crippen LogP contribution >= 0.6 is 12.4 Å². The highest BCUT2D eigenvalue weighted by atomic mass is 35.5. The summed E-state index contributed by atoms with van der Waals surface area (Å²) in [5, 5.41) is 2.83. The monoisotopic (exact) mass is 364 g/mol. The van der Waals surface area contributed by atoms with Crippen molar-refractivity contribution in [2.45, 2.75) is 19.4 Å². The lowest BCUT2D eigenvalue weighted by Gasteiger charge is -2.14. The van der Waals surface area contributed by atoms with E-state index in [2.05, 4.69) is 5.32 Å². The topological polar surface area (TPSA) is 73.6 Å².